The molecule has 1 aromatic rings. The van der Waals surface area contributed by atoms with Gasteiger partial charge in [-0.25, -0.2) is 13.1 Å². The van der Waals surface area contributed by atoms with Crippen LogP contribution in [-0.4, -0.2) is 19.4 Å². The Morgan fingerprint density at radius 1 is 1.39 bits per heavy atom. The quantitative estimate of drug-likeness (QED) is 0.814. The number of benzene rings is 1. The van der Waals surface area contributed by atoms with E-state index in [0.717, 1.165) is 0 Å². The third-order valence-corrected chi connectivity index (χ3v) is 4.18. The number of nitrogens with one attached hydrogen (secondary N) is 1. The Bertz CT molecular complexity index is 541. The summed E-state index contributed by atoms with van der Waals surface area (Å²) in [5, 5.41) is 0.509. The van der Waals surface area contributed by atoms with Crippen LogP contribution in [0, 0.1) is 0 Å². The van der Waals surface area contributed by atoms with Gasteiger partial charge >= 0.3 is 0 Å². The van der Waals surface area contributed by atoms with Crippen LogP contribution in [0.25, 0.3) is 0 Å². The van der Waals surface area contributed by atoms with Gasteiger partial charge in [-0.15, -0.1) is 0 Å². The fourth-order valence-electron chi connectivity index (χ4n) is 1.36. The Balaban J connectivity index is 2.96. The normalized spacial score (nSPS) is 13.3. The van der Waals surface area contributed by atoms with E-state index in [-0.39, 0.29) is 26.4 Å². The maximum atomic E-state index is 12.0. The highest BCUT2D eigenvalue weighted by Gasteiger charge is 2.18. The molecular weight excluding hydrogens is 315 g/mol. The Morgan fingerprint density at radius 3 is 2.33 bits per heavy atom. The number of thiocarbonyl (C=S) groups is 1. The van der Waals surface area contributed by atoms with Gasteiger partial charge in [0.1, 0.15) is 0 Å². The van der Waals surface area contributed by atoms with Crippen molar-refractivity contribution in [3.63, 3.8) is 0 Å². The Hall–Kier alpha value is -0.400. The summed E-state index contributed by atoms with van der Waals surface area (Å²) < 4.78 is 26.5. The summed E-state index contributed by atoms with van der Waals surface area (Å²) in [5.74, 6) is 0. The van der Waals surface area contributed by atoms with Crippen molar-refractivity contribution in [2.24, 2.45) is 5.73 Å². The first-order valence-electron chi connectivity index (χ1n) is 4.97. The third-order valence-electron chi connectivity index (χ3n) is 2.01. The van der Waals surface area contributed by atoms with Gasteiger partial charge in [-0.3, -0.25) is 0 Å². The minimum Gasteiger partial charge on any atom is -0.393 e. The van der Waals surface area contributed by atoms with Crippen LogP contribution in [0.3, 0.4) is 0 Å². The van der Waals surface area contributed by atoms with Crippen molar-refractivity contribution in [2.45, 2.75) is 24.3 Å². The van der Waals surface area contributed by atoms with Gasteiger partial charge in [0, 0.05) is 22.5 Å². The van der Waals surface area contributed by atoms with E-state index in [1.165, 1.54) is 18.2 Å². The van der Waals surface area contributed by atoms with E-state index in [4.69, 9.17) is 41.2 Å². The second-order valence-corrected chi connectivity index (χ2v) is 6.91. The molecular formula is C10H12Cl2N2O2S2. The molecule has 1 aromatic carbocycles. The first kappa shape index (κ1) is 15.7. The zero-order valence-corrected chi connectivity index (χ0v) is 12.6. The SMILES string of the molecule is CC(CC(N)=S)NS(=O)(=O)c1cc(Cl)cc(Cl)c1. The molecule has 0 bridgehead atoms. The number of sulfonamides is 1. The monoisotopic (exact) mass is 326 g/mol. The van der Waals surface area contributed by atoms with Crippen LogP contribution in [0.4, 0.5) is 0 Å². The number of rotatable bonds is 5. The molecule has 100 valence electrons. The van der Waals surface area contributed by atoms with Gasteiger partial charge in [0.25, 0.3) is 0 Å². The van der Waals surface area contributed by atoms with Crippen molar-refractivity contribution in [2.75, 3.05) is 0 Å². The van der Waals surface area contributed by atoms with Crippen LogP contribution < -0.4 is 10.5 Å². The molecule has 0 aliphatic heterocycles. The van der Waals surface area contributed by atoms with E-state index in [0.29, 0.717) is 0 Å². The van der Waals surface area contributed by atoms with Gasteiger partial charge < -0.3 is 5.73 Å². The smallest absolute Gasteiger partial charge is 0.240 e. The molecule has 0 radical (unpaired) electrons. The van der Waals surface area contributed by atoms with Gasteiger partial charge in [-0.1, -0.05) is 35.4 Å². The molecule has 0 saturated carbocycles. The first-order chi connectivity index (χ1) is 8.20. The molecule has 0 saturated heterocycles. The van der Waals surface area contributed by atoms with Crippen LogP contribution in [-0.2, 0) is 10.0 Å². The number of hydrogen-bond acceptors (Lipinski definition) is 3. The maximum Gasteiger partial charge on any atom is 0.240 e. The molecule has 0 aliphatic carbocycles. The van der Waals surface area contributed by atoms with E-state index in [9.17, 15) is 8.42 Å². The molecule has 0 amide bonds. The van der Waals surface area contributed by atoms with Crippen molar-refractivity contribution in [3.8, 4) is 0 Å². The van der Waals surface area contributed by atoms with Crippen LogP contribution in [0.15, 0.2) is 23.1 Å². The molecule has 18 heavy (non-hydrogen) atoms. The highest BCUT2D eigenvalue weighted by molar-refractivity contribution is 7.89. The fraction of sp³-hybridized carbons (Fsp3) is 0.300. The average Bonchev–Trinajstić information content (AvgIpc) is 2.13. The largest absolute Gasteiger partial charge is 0.393 e. The molecule has 1 rings (SSSR count). The molecule has 0 spiro atoms. The lowest BCUT2D eigenvalue weighted by Crippen LogP contribution is -2.35. The zero-order valence-electron chi connectivity index (χ0n) is 9.48. The summed E-state index contributed by atoms with van der Waals surface area (Å²) in [6, 6.07) is 3.71. The van der Waals surface area contributed by atoms with Gasteiger partial charge in [-0.2, -0.15) is 0 Å². The maximum absolute atomic E-state index is 12.0. The predicted molar refractivity (Wildman–Crippen MR) is 77.6 cm³/mol. The molecule has 4 nitrogen and oxygen atoms in total. The standard InChI is InChI=1S/C10H12Cl2N2O2S2/c1-6(2-10(13)17)14-18(15,16)9-4-7(11)3-8(12)5-9/h3-6,14H,2H2,1H3,(H2,13,17). The molecule has 1 atom stereocenters. The van der Waals surface area contributed by atoms with E-state index in [2.05, 4.69) is 4.72 Å². The minimum atomic E-state index is -3.68. The van der Waals surface area contributed by atoms with Crippen molar-refractivity contribution in [1.29, 1.82) is 0 Å². The summed E-state index contributed by atoms with van der Waals surface area (Å²) in [6.07, 6.45) is 0.281. The van der Waals surface area contributed by atoms with E-state index in [1.54, 1.807) is 6.92 Å². The summed E-state index contributed by atoms with van der Waals surface area (Å²) in [5.41, 5.74) is 5.35. The zero-order chi connectivity index (χ0) is 13.9. The molecule has 0 heterocycles. The summed E-state index contributed by atoms with van der Waals surface area (Å²) in [4.78, 5) is 0.254. The molecule has 0 aliphatic rings. The topological polar surface area (TPSA) is 72.2 Å². The minimum absolute atomic E-state index is 0.00906. The van der Waals surface area contributed by atoms with Crippen molar-refractivity contribution >= 4 is 50.4 Å². The van der Waals surface area contributed by atoms with Crippen molar-refractivity contribution < 1.29 is 8.42 Å². The summed E-state index contributed by atoms with van der Waals surface area (Å²) >= 11 is 16.2. The van der Waals surface area contributed by atoms with Crippen molar-refractivity contribution in [1.82, 2.24) is 4.72 Å². The molecule has 3 N–H and O–H groups in total. The predicted octanol–water partition coefficient (Wildman–Crippen LogP) is 2.34. The Morgan fingerprint density at radius 2 is 1.89 bits per heavy atom. The first-order valence-corrected chi connectivity index (χ1v) is 7.62. The van der Waals surface area contributed by atoms with E-state index < -0.39 is 16.1 Å². The van der Waals surface area contributed by atoms with Gasteiger partial charge in [0.05, 0.1) is 9.88 Å². The number of halogens is 2. The van der Waals surface area contributed by atoms with Gasteiger partial charge in [0.15, 0.2) is 0 Å². The number of nitrogens with two attached hydrogens (primary N) is 1. The van der Waals surface area contributed by atoms with Crippen LogP contribution in [0.5, 0.6) is 0 Å². The number of hydrogen-bond donors (Lipinski definition) is 2. The average molecular weight is 327 g/mol. The second-order valence-electron chi connectivity index (χ2n) is 3.80. The summed E-state index contributed by atoms with van der Waals surface area (Å²) in [6.45, 7) is 1.67. The highest BCUT2D eigenvalue weighted by atomic mass is 35.5. The molecule has 0 fully saturated rings. The van der Waals surface area contributed by atoms with Crippen molar-refractivity contribution in [3.05, 3.63) is 28.2 Å². The van der Waals surface area contributed by atoms with E-state index in [1.807, 2.05) is 0 Å². The van der Waals surface area contributed by atoms with Crippen LogP contribution in [0.2, 0.25) is 10.0 Å². The Kier molecular flexibility index (Phi) is 5.36. The lowest BCUT2D eigenvalue weighted by atomic mass is 10.3. The van der Waals surface area contributed by atoms with Crippen LogP contribution >= 0.6 is 35.4 Å². The Labute approximate surface area is 122 Å². The lowest BCUT2D eigenvalue weighted by molar-refractivity contribution is 0.565. The third kappa shape index (κ3) is 4.70. The fourth-order valence-corrected chi connectivity index (χ4v) is 3.58. The lowest BCUT2D eigenvalue weighted by Gasteiger charge is -2.13. The van der Waals surface area contributed by atoms with Gasteiger partial charge in [-0.05, 0) is 25.1 Å². The summed E-state index contributed by atoms with van der Waals surface area (Å²) in [7, 11) is -3.68. The molecule has 8 heteroatoms. The second kappa shape index (κ2) is 6.16. The van der Waals surface area contributed by atoms with Crippen LogP contribution in [0.1, 0.15) is 13.3 Å². The van der Waals surface area contributed by atoms with E-state index >= 15 is 0 Å². The highest BCUT2D eigenvalue weighted by Crippen LogP contribution is 2.22. The molecule has 1 unspecified atom stereocenters. The van der Waals surface area contributed by atoms with Gasteiger partial charge in [0.2, 0.25) is 10.0 Å². The molecule has 0 aromatic heterocycles.